The molecule has 0 aliphatic carbocycles. The summed E-state index contributed by atoms with van der Waals surface area (Å²) < 4.78 is 0. The molecule has 0 saturated heterocycles. The third-order valence-corrected chi connectivity index (χ3v) is 3.08. The van der Waals surface area contributed by atoms with Gasteiger partial charge >= 0.3 is 0 Å². The van der Waals surface area contributed by atoms with Gasteiger partial charge in [-0.1, -0.05) is 18.2 Å². The van der Waals surface area contributed by atoms with E-state index in [2.05, 4.69) is 5.32 Å². The van der Waals surface area contributed by atoms with Crippen molar-refractivity contribution in [3.63, 3.8) is 0 Å². The van der Waals surface area contributed by atoms with Crippen LogP contribution >= 0.6 is 0 Å². The second-order valence-electron chi connectivity index (χ2n) is 4.33. The fraction of sp³-hybridized carbons (Fsp3) is 0.385. The standard InChI is InChI=1S/C13H16N2O2/c1-9(14-2)8-15-12(16)7-10-5-3-4-6-11(10)13(15)17/h3-6,9,14H,7-8H2,1-2H3. The molecule has 0 radical (unpaired) electrons. The zero-order valence-electron chi connectivity index (χ0n) is 10.1. The Morgan fingerprint density at radius 2 is 2.06 bits per heavy atom. The van der Waals surface area contributed by atoms with E-state index in [1.807, 2.05) is 32.2 Å². The number of carbonyl (C=O) groups excluding carboxylic acids is 2. The molecule has 0 bridgehead atoms. The highest BCUT2D eigenvalue weighted by Crippen LogP contribution is 2.19. The number of hydrogen-bond donors (Lipinski definition) is 1. The maximum Gasteiger partial charge on any atom is 0.260 e. The van der Waals surface area contributed by atoms with Gasteiger partial charge in [-0.05, 0) is 25.6 Å². The van der Waals surface area contributed by atoms with Gasteiger partial charge in [-0.2, -0.15) is 0 Å². The van der Waals surface area contributed by atoms with Gasteiger partial charge in [-0.15, -0.1) is 0 Å². The Morgan fingerprint density at radius 1 is 1.35 bits per heavy atom. The highest BCUT2D eigenvalue weighted by molar-refractivity contribution is 6.09. The van der Waals surface area contributed by atoms with Crippen molar-refractivity contribution in [1.82, 2.24) is 10.2 Å². The molecule has 17 heavy (non-hydrogen) atoms. The second-order valence-corrected chi connectivity index (χ2v) is 4.33. The van der Waals surface area contributed by atoms with Crippen molar-refractivity contribution in [2.24, 2.45) is 0 Å². The number of rotatable bonds is 3. The highest BCUT2D eigenvalue weighted by atomic mass is 16.2. The van der Waals surface area contributed by atoms with Crippen LogP contribution in [0.25, 0.3) is 0 Å². The average molecular weight is 232 g/mol. The molecule has 1 aliphatic heterocycles. The van der Waals surface area contributed by atoms with Crippen molar-refractivity contribution in [2.75, 3.05) is 13.6 Å². The third kappa shape index (κ3) is 2.22. The number of imide groups is 1. The van der Waals surface area contributed by atoms with Crippen molar-refractivity contribution in [2.45, 2.75) is 19.4 Å². The van der Waals surface area contributed by atoms with Gasteiger partial charge in [-0.25, -0.2) is 0 Å². The molecule has 0 spiro atoms. The van der Waals surface area contributed by atoms with Gasteiger partial charge in [0, 0.05) is 18.2 Å². The number of likely N-dealkylation sites (N-methyl/N-ethyl adjacent to an activating group) is 1. The van der Waals surface area contributed by atoms with E-state index >= 15 is 0 Å². The van der Waals surface area contributed by atoms with Gasteiger partial charge in [0.2, 0.25) is 5.91 Å². The quantitative estimate of drug-likeness (QED) is 0.785. The first kappa shape index (κ1) is 11.8. The molecule has 2 rings (SSSR count). The molecule has 4 nitrogen and oxygen atoms in total. The van der Waals surface area contributed by atoms with Crippen LogP contribution in [0.4, 0.5) is 0 Å². The molecule has 2 amide bonds. The molecule has 0 aromatic heterocycles. The summed E-state index contributed by atoms with van der Waals surface area (Å²) in [4.78, 5) is 25.4. The van der Waals surface area contributed by atoms with Crippen LogP contribution in [-0.4, -0.2) is 36.3 Å². The fourth-order valence-corrected chi connectivity index (χ4v) is 1.95. The lowest BCUT2D eigenvalue weighted by atomic mass is 9.98. The first-order valence-electron chi connectivity index (χ1n) is 5.73. The first-order chi connectivity index (χ1) is 8.13. The van der Waals surface area contributed by atoms with E-state index in [4.69, 9.17) is 0 Å². The van der Waals surface area contributed by atoms with E-state index < -0.39 is 0 Å². The Bertz CT molecular complexity index is 456. The zero-order valence-corrected chi connectivity index (χ0v) is 10.1. The molecular weight excluding hydrogens is 216 g/mol. The van der Waals surface area contributed by atoms with E-state index in [9.17, 15) is 9.59 Å². The van der Waals surface area contributed by atoms with Crippen LogP contribution in [0.1, 0.15) is 22.8 Å². The van der Waals surface area contributed by atoms with Crippen LogP contribution in [0, 0.1) is 0 Å². The van der Waals surface area contributed by atoms with Crippen molar-refractivity contribution in [3.8, 4) is 0 Å². The van der Waals surface area contributed by atoms with Crippen molar-refractivity contribution < 1.29 is 9.59 Å². The molecule has 1 aromatic rings. The second kappa shape index (κ2) is 4.67. The molecule has 1 N–H and O–H groups in total. The van der Waals surface area contributed by atoms with E-state index in [0.29, 0.717) is 18.5 Å². The Balaban J connectivity index is 2.27. The minimum absolute atomic E-state index is 0.105. The summed E-state index contributed by atoms with van der Waals surface area (Å²) in [5.41, 5.74) is 1.48. The number of nitrogens with one attached hydrogen (secondary N) is 1. The van der Waals surface area contributed by atoms with Crippen LogP contribution in [0.3, 0.4) is 0 Å². The topological polar surface area (TPSA) is 49.4 Å². The van der Waals surface area contributed by atoms with Gasteiger partial charge in [0.05, 0.1) is 6.42 Å². The van der Waals surface area contributed by atoms with Gasteiger partial charge < -0.3 is 5.32 Å². The minimum Gasteiger partial charge on any atom is -0.315 e. The summed E-state index contributed by atoms with van der Waals surface area (Å²) in [6.07, 6.45) is 0.318. The maximum atomic E-state index is 12.2. The molecule has 1 atom stereocenters. The minimum atomic E-state index is -0.182. The SMILES string of the molecule is CNC(C)CN1C(=O)Cc2ccccc2C1=O. The highest BCUT2D eigenvalue weighted by Gasteiger charge is 2.30. The van der Waals surface area contributed by atoms with E-state index in [1.165, 1.54) is 4.90 Å². The Kier molecular flexibility index (Phi) is 3.24. The number of nitrogens with zero attached hydrogens (tertiary/aromatic N) is 1. The van der Waals surface area contributed by atoms with Crippen LogP contribution in [0.2, 0.25) is 0 Å². The Labute approximate surface area is 101 Å². The van der Waals surface area contributed by atoms with Gasteiger partial charge in [-0.3, -0.25) is 14.5 Å². The van der Waals surface area contributed by atoms with Gasteiger partial charge in [0.1, 0.15) is 0 Å². The predicted molar refractivity (Wildman–Crippen MR) is 64.7 cm³/mol. The summed E-state index contributed by atoms with van der Waals surface area (Å²) in [6, 6.07) is 7.40. The normalized spacial score (nSPS) is 16.9. The van der Waals surface area contributed by atoms with Crippen molar-refractivity contribution in [1.29, 1.82) is 0 Å². The van der Waals surface area contributed by atoms with Crippen LogP contribution in [0.5, 0.6) is 0 Å². The molecule has 90 valence electrons. The number of carbonyl (C=O) groups is 2. The molecule has 1 aliphatic rings. The molecule has 0 fully saturated rings. The number of fused-ring (bicyclic) bond motifs is 1. The average Bonchev–Trinajstić information content (AvgIpc) is 2.34. The van der Waals surface area contributed by atoms with Crippen molar-refractivity contribution >= 4 is 11.8 Å². The summed E-state index contributed by atoms with van der Waals surface area (Å²) >= 11 is 0. The third-order valence-electron chi connectivity index (χ3n) is 3.08. The Morgan fingerprint density at radius 3 is 2.76 bits per heavy atom. The molecule has 1 aromatic carbocycles. The van der Waals surface area contributed by atoms with Crippen LogP contribution in [-0.2, 0) is 11.2 Å². The van der Waals surface area contributed by atoms with Crippen LogP contribution in [0.15, 0.2) is 24.3 Å². The lowest BCUT2D eigenvalue weighted by Crippen LogP contribution is -2.47. The summed E-state index contributed by atoms with van der Waals surface area (Å²) in [5, 5.41) is 3.03. The van der Waals surface area contributed by atoms with Crippen molar-refractivity contribution in [3.05, 3.63) is 35.4 Å². The molecule has 4 heteroatoms. The smallest absolute Gasteiger partial charge is 0.260 e. The first-order valence-corrected chi connectivity index (χ1v) is 5.73. The molecule has 0 saturated carbocycles. The monoisotopic (exact) mass is 232 g/mol. The molecular formula is C13H16N2O2. The molecule has 1 heterocycles. The number of hydrogen-bond acceptors (Lipinski definition) is 3. The number of amides is 2. The summed E-state index contributed by atoms with van der Waals surface area (Å²) in [7, 11) is 1.82. The summed E-state index contributed by atoms with van der Waals surface area (Å²) in [6.45, 7) is 2.36. The Hall–Kier alpha value is -1.68. The lowest BCUT2D eigenvalue weighted by Gasteiger charge is -2.28. The van der Waals surface area contributed by atoms with E-state index in [0.717, 1.165) is 5.56 Å². The van der Waals surface area contributed by atoms with E-state index in [1.54, 1.807) is 6.07 Å². The summed E-state index contributed by atoms with van der Waals surface area (Å²) in [5.74, 6) is -0.297. The molecule has 1 unspecified atom stereocenters. The predicted octanol–water partition coefficient (Wildman–Crippen LogP) is 0.819. The van der Waals surface area contributed by atoms with Gasteiger partial charge in [0.25, 0.3) is 5.91 Å². The number of benzene rings is 1. The maximum absolute atomic E-state index is 12.2. The largest absolute Gasteiger partial charge is 0.315 e. The zero-order chi connectivity index (χ0) is 12.4. The van der Waals surface area contributed by atoms with E-state index in [-0.39, 0.29) is 17.9 Å². The lowest BCUT2D eigenvalue weighted by molar-refractivity contribution is -0.128. The van der Waals surface area contributed by atoms with Crippen LogP contribution < -0.4 is 5.32 Å². The van der Waals surface area contributed by atoms with Gasteiger partial charge in [0.15, 0.2) is 0 Å². The fourth-order valence-electron chi connectivity index (χ4n) is 1.95.